The molecule has 0 atom stereocenters. The van der Waals surface area contributed by atoms with Gasteiger partial charge in [-0.05, 0) is 90.8 Å². The molecule has 1 saturated carbocycles. The first-order valence-electron chi connectivity index (χ1n) is 14.5. The Morgan fingerprint density at radius 3 is 2.11 bits per heavy atom. The Balaban J connectivity index is 1.29. The van der Waals surface area contributed by atoms with E-state index in [9.17, 15) is 4.39 Å². The van der Waals surface area contributed by atoms with Crippen LogP contribution in [-0.4, -0.2) is 0 Å². The second-order valence-corrected chi connectivity index (χ2v) is 11.0. The third kappa shape index (κ3) is 7.18. The van der Waals surface area contributed by atoms with Crippen LogP contribution in [0.1, 0.15) is 113 Å². The molecule has 1 heteroatoms. The first-order chi connectivity index (χ1) is 17.2. The van der Waals surface area contributed by atoms with E-state index in [2.05, 4.69) is 56.3 Å². The molecule has 0 heterocycles. The van der Waals surface area contributed by atoms with E-state index >= 15 is 0 Å². The number of unbranched alkanes of at least 4 members (excludes halogenated alkanes) is 4. The van der Waals surface area contributed by atoms with E-state index in [1.165, 1.54) is 74.5 Å². The van der Waals surface area contributed by atoms with Crippen molar-refractivity contribution >= 4 is 10.8 Å². The fraction of sp³-hybridized carbons (Fsp3) is 0.529. The number of halogens is 1. The van der Waals surface area contributed by atoms with Crippen molar-refractivity contribution in [2.75, 3.05) is 0 Å². The zero-order valence-corrected chi connectivity index (χ0v) is 22.1. The molecule has 35 heavy (non-hydrogen) atoms. The van der Waals surface area contributed by atoms with Crippen LogP contribution in [0.4, 0.5) is 4.39 Å². The molecule has 1 fully saturated rings. The van der Waals surface area contributed by atoms with E-state index in [1.54, 1.807) is 0 Å². The molecule has 0 radical (unpaired) electrons. The van der Waals surface area contributed by atoms with E-state index in [0.717, 1.165) is 60.3 Å². The van der Waals surface area contributed by atoms with Gasteiger partial charge in [-0.15, -0.1) is 0 Å². The minimum Gasteiger partial charge on any atom is -0.206 e. The fourth-order valence-corrected chi connectivity index (χ4v) is 6.01. The zero-order chi connectivity index (χ0) is 24.5. The normalized spacial score (nSPS) is 18.3. The van der Waals surface area contributed by atoms with Gasteiger partial charge in [-0.2, -0.15) is 0 Å². The Morgan fingerprint density at radius 2 is 1.37 bits per heavy atom. The maximum atomic E-state index is 15.0. The van der Waals surface area contributed by atoms with E-state index in [1.807, 2.05) is 12.1 Å². The molecular formula is C34H45F. The van der Waals surface area contributed by atoms with Crippen LogP contribution in [-0.2, 0) is 19.3 Å². The predicted molar refractivity (Wildman–Crippen MR) is 150 cm³/mol. The van der Waals surface area contributed by atoms with Crippen molar-refractivity contribution in [1.29, 1.82) is 0 Å². The second kappa shape index (κ2) is 13.2. The number of hydrogen-bond donors (Lipinski definition) is 0. The van der Waals surface area contributed by atoms with E-state index in [4.69, 9.17) is 0 Å². The number of aryl methyl sites for hydroxylation is 3. The SMILES string of the molecule is CCCCCc1ccc2cc(CCc3ccc(C4CCC(CCCCC)CC4)cc3)ccc2c1F. The monoisotopic (exact) mass is 472 g/mol. The molecular weight excluding hydrogens is 427 g/mol. The van der Waals surface area contributed by atoms with Gasteiger partial charge in [-0.1, -0.05) is 107 Å². The van der Waals surface area contributed by atoms with Gasteiger partial charge in [0.05, 0.1) is 0 Å². The summed E-state index contributed by atoms with van der Waals surface area (Å²) < 4.78 is 15.0. The lowest BCUT2D eigenvalue weighted by Gasteiger charge is -2.29. The van der Waals surface area contributed by atoms with Crippen LogP contribution < -0.4 is 0 Å². The number of rotatable bonds is 12. The smallest absolute Gasteiger partial charge is 0.134 e. The summed E-state index contributed by atoms with van der Waals surface area (Å²) >= 11 is 0. The van der Waals surface area contributed by atoms with Gasteiger partial charge in [0, 0.05) is 5.39 Å². The Hall–Kier alpha value is -2.15. The van der Waals surface area contributed by atoms with Gasteiger partial charge < -0.3 is 0 Å². The summed E-state index contributed by atoms with van der Waals surface area (Å²) in [7, 11) is 0. The maximum Gasteiger partial charge on any atom is 0.134 e. The van der Waals surface area contributed by atoms with Crippen LogP contribution in [0.3, 0.4) is 0 Å². The standard InChI is InChI=1S/C34H45F/c1-3-5-7-9-26-13-18-29(19-14-26)30-20-15-27(16-21-30)11-12-28-17-24-33-32(25-28)23-22-31(34(33)35)10-8-6-4-2/h15-17,20-26,29H,3-14,18-19H2,1-2H3. The Morgan fingerprint density at radius 1 is 0.686 bits per heavy atom. The van der Waals surface area contributed by atoms with E-state index < -0.39 is 0 Å². The van der Waals surface area contributed by atoms with Gasteiger partial charge in [0.15, 0.2) is 0 Å². The van der Waals surface area contributed by atoms with Crippen LogP contribution in [0.5, 0.6) is 0 Å². The molecule has 0 saturated heterocycles. The van der Waals surface area contributed by atoms with Crippen LogP contribution in [0.15, 0.2) is 54.6 Å². The van der Waals surface area contributed by atoms with Crippen LogP contribution >= 0.6 is 0 Å². The summed E-state index contributed by atoms with van der Waals surface area (Å²) in [4.78, 5) is 0. The van der Waals surface area contributed by atoms with Gasteiger partial charge in [0.25, 0.3) is 0 Å². The molecule has 0 bridgehead atoms. The summed E-state index contributed by atoms with van der Waals surface area (Å²) in [6.07, 6.45) is 17.4. The quantitative estimate of drug-likeness (QED) is 0.230. The summed E-state index contributed by atoms with van der Waals surface area (Å²) in [6, 6.07) is 19.8. The highest BCUT2D eigenvalue weighted by atomic mass is 19.1. The summed E-state index contributed by atoms with van der Waals surface area (Å²) in [5.41, 5.74) is 5.10. The van der Waals surface area contributed by atoms with Crippen molar-refractivity contribution in [3.63, 3.8) is 0 Å². The van der Waals surface area contributed by atoms with Crippen molar-refractivity contribution < 1.29 is 4.39 Å². The largest absolute Gasteiger partial charge is 0.206 e. The first kappa shape index (κ1) is 25.9. The molecule has 3 aromatic rings. The molecule has 1 aliphatic rings. The van der Waals surface area contributed by atoms with Crippen molar-refractivity contribution in [2.24, 2.45) is 5.92 Å². The molecule has 0 aliphatic heterocycles. The number of hydrogen-bond acceptors (Lipinski definition) is 0. The lowest BCUT2D eigenvalue weighted by Crippen LogP contribution is -2.13. The summed E-state index contributed by atoms with van der Waals surface area (Å²) in [5.74, 6) is 1.71. The Bertz CT molecular complexity index is 1040. The molecule has 0 amide bonds. The first-order valence-corrected chi connectivity index (χ1v) is 14.5. The molecule has 4 rings (SSSR count). The van der Waals surface area contributed by atoms with E-state index in [0.29, 0.717) is 0 Å². The topological polar surface area (TPSA) is 0 Å². The zero-order valence-electron chi connectivity index (χ0n) is 22.1. The van der Waals surface area contributed by atoms with Gasteiger partial charge >= 0.3 is 0 Å². The van der Waals surface area contributed by atoms with Crippen molar-refractivity contribution in [3.8, 4) is 0 Å². The Labute approximate surface area is 213 Å². The average Bonchev–Trinajstić information content (AvgIpc) is 2.90. The van der Waals surface area contributed by atoms with Crippen LogP contribution in [0.25, 0.3) is 10.8 Å². The molecule has 1 aliphatic carbocycles. The second-order valence-electron chi connectivity index (χ2n) is 11.0. The highest BCUT2D eigenvalue weighted by molar-refractivity contribution is 5.84. The molecule has 0 unspecified atom stereocenters. The lowest BCUT2D eigenvalue weighted by molar-refractivity contribution is 0.303. The highest BCUT2D eigenvalue weighted by Gasteiger charge is 2.22. The Kier molecular flexibility index (Phi) is 9.81. The maximum absolute atomic E-state index is 15.0. The van der Waals surface area contributed by atoms with Crippen molar-refractivity contribution in [1.82, 2.24) is 0 Å². The minimum absolute atomic E-state index is 0.0178. The van der Waals surface area contributed by atoms with Crippen LogP contribution in [0, 0.1) is 11.7 Å². The average molecular weight is 473 g/mol. The molecule has 0 nitrogen and oxygen atoms in total. The highest BCUT2D eigenvalue weighted by Crippen LogP contribution is 2.37. The number of fused-ring (bicyclic) bond motifs is 1. The van der Waals surface area contributed by atoms with Gasteiger partial charge in [0.2, 0.25) is 0 Å². The lowest BCUT2D eigenvalue weighted by atomic mass is 9.77. The fourth-order valence-electron chi connectivity index (χ4n) is 6.01. The molecule has 0 spiro atoms. The van der Waals surface area contributed by atoms with Crippen molar-refractivity contribution in [2.45, 2.75) is 110 Å². The molecule has 0 aromatic heterocycles. The van der Waals surface area contributed by atoms with E-state index in [-0.39, 0.29) is 5.82 Å². The molecule has 3 aromatic carbocycles. The summed E-state index contributed by atoms with van der Waals surface area (Å²) in [5, 5.41) is 1.80. The molecule has 188 valence electrons. The third-order valence-corrected chi connectivity index (χ3v) is 8.36. The van der Waals surface area contributed by atoms with Crippen molar-refractivity contribution in [3.05, 3.63) is 82.7 Å². The molecule has 0 N–H and O–H groups in total. The third-order valence-electron chi connectivity index (χ3n) is 8.36. The van der Waals surface area contributed by atoms with Gasteiger partial charge in [0.1, 0.15) is 5.82 Å². The predicted octanol–water partition coefficient (Wildman–Crippen LogP) is 10.4. The van der Waals surface area contributed by atoms with Crippen LogP contribution in [0.2, 0.25) is 0 Å². The van der Waals surface area contributed by atoms with Gasteiger partial charge in [-0.3, -0.25) is 0 Å². The minimum atomic E-state index is -0.0178. The number of benzene rings is 3. The van der Waals surface area contributed by atoms with Gasteiger partial charge in [-0.25, -0.2) is 4.39 Å². The summed E-state index contributed by atoms with van der Waals surface area (Å²) in [6.45, 7) is 4.49.